The van der Waals surface area contributed by atoms with Crippen LogP contribution in [0.4, 0.5) is 0 Å². The SMILES string of the molecule is Cc1ccc(-c2nc3c(c(=O)[nH]2)CCN(Cc2c[nH]c4ccccc24)C3)cc1. The highest BCUT2D eigenvalue weighted by molar-refractivity contribution is 5.82. The number of rotatable bonds is 3. The van der Waals surface area contributed by atoms with Gasteiger partial charge in [-0.25, -0.2) is 4.98 Å². The van der Waals surface area contributed by atoms with Crippen molar-refractivity contribution in [3.8, 4) is 11.4 Å². The Morgan fingerprint density at radius 3 is 2.79 bits per heavy atom. The van der Waals surface area contributed by atoms with Gasteiger partial charge in [0, 0.05) is 47.9 Å². The van der Waals surface area contributed by atoms with Crippen molar-refractivity contribution >= 4 is 10.9 Å². The predicted octanol–water partition coefficient (Wildman–Crippen LogP) is 3.78. The minimum atomic E-state index is -0.00711. The Balaban J connectivity index is 1.44. The Kier molecular flexibility index (Phi) is 4.10. The van der Waals surface area contributed by atoms with Crippen LogP contribution in [0.25, 0.3) is 22.3 Å². The molecule has 0 bridgehead atoms. The maximum absolute atomic E-state index is 12.6. The Morgan fingerprint density at radius 1 is 1.11 bits per heavy atom. The van der Waals surface area contributed by atoms with Gasteiger partial charge in [0.1, 0.15) is 5.82 Å². The molecule has 1 aliphatic rings. The first-order valence-electron chi connectivity index (χ1n) is 9.64. The van der Waals surface area contributed by atoms with Crippen molar-refractivity contribution in [2.45, 2.75) is 26.4 Å². The van der Waals surface area contributed by atoms with Gasteiger partial charge in [-0.15, -0.1) is 0 Å². The van der Waals surface area contributed by atoms with E-state index in [0.29, 0.717) is 12.4 Å². The summed E-state index contributed by atoms with van der Waals surface area (Å²) in [6, 6.07) is 16.5. The number of H-pyrrole nitrogens is 2. The van der Waals surface area contributed by atoms with Gasteiger partial charge in [0.15, 0.2) is 0 Å². The fraction of sp³-hybridized carbons (Fsp3) is 0.217. The van der Waals surface area contributed by atoms with Gasteiger partial charge in [0.05, 0.1) is 5.69 Å². The van der Waals surface area contributed by atoms with Crippen molar-refractivity contribution in [2.75, 3.05) is 6.54 Å². The lowest BCUT2D eigenvalue weighted by atomic mass is 10.0. The third-order valence-electron chi connectivity index (χ3n) is 5.55. The molecule has 0 saturated heterocycles. The quantitative estimate of drug-likeness (QED) is 0.577. The van der Waals surface area contributed by atoms with Crippen LogP contribution < -0.4 is 5.56 Å². The van der Waals surface area contributed by atoms with Crippen molar-refractivity contribution in [3.05, 3.63) is 87.5 Å². The summed E-state index contributed by atoms with van der Waals surface area (Å²) in [6.45, 7) is 4.45. The number of hydrogen-bond donors (Lipinski definition) is 2. The van der Waals surface area contributed by atoms with Crippen LogP contribution in [-0.2, 0) is 19.5 Å². The van der Waals surface area contributed by atoms with Crippen LogP contribution in [0.1, 0.15) is 22.4 Å². The summed E-state index contributed by atoms with van der Waals surface area (Å²) in [7, 11) is 0. The molecule has 28 heavy (non-hydrogen) atoms. The van der Waals surface area contributed by atoms with Crippen molar-refractivity contribution in [3.63, 3.8) is 0 Å². The first-order valence-corrected chi connectivity index (χ1v) is 9.64. The smallest absolute Gasteiger partial charge is 0.254 e. The second-order valence-corrected chi connectivity index (χ2v) is 7.53. The molecule has 0 saturated carbocycles. The molecule has 4 aromatic rings. The molecule has 5 rings (SSSR count). The van der Waals surface area contributed by atoms with Crippen LogP contribution in [0.5, 0.6) is 0 Å². The molecule has 1 aliphatic heterocycles. The Hall–Kier alpha value is -3.18. The molecule has 0 fully saturated rings. The van der Waals surface area contributed by atoms with Crippen molar-refractivity contribution < 1.29 is 0 Å². The molecule has 3 heterocycles. The molecule has 2 aromatic carbocycles. The lowest BCUT2D eigenvalue weighted by Crippen LogP contribution is -2.35. The molecule has 0 atom stereocenters. The minimum Gasteiger partial charge on any atom is -0.361 e. The van der Waals surface area contributed by atoms with Crippen molar-refractivity contribution in [2.24, 2.45) is 0 Å². The Bertz CT molecular complexity index is 1200. The third kappa shape index (κ3) is 3.04. The fourth-order valence-electron chi connectivity index (χ4n) is 3.98. The van der Waals surface area contributed by atoms with Gasteiger partial charge in [-0.3, -0.25) is 9.69 Å². The van der Waals surface area contributed by atoms with Gasteiger partial charge >= 0.3 is 0 Å². The van der Waals surface area contributed by atoms with E-state index >= 15 is 0 Å². The van der Waals surface area contributed by atoms with E-state index in [-0.39, 0.29) is 5.56 Å². The van der Waals surface area contributed by atoms with Crippen LogP contribution in [-0.4, -0.2) is 26.4 Å². The maximum Gasteiger partial charge on any atom is 0.254 e. The third-order valence-corrected chi connectivity index (χ3v) is 5.55. The zero-order valence-corrected chi connectivity index (χ0v) is 15.8. The monoisotopic (exact) mass is 370 g/mol. The standard InChI is InChI=1S/C23H22N4O/c1-15-6-8-16(9-7-15)22-25-21-14-27(11-10-19(21)23(28)26-22)13-17-12-24-20-5-3-2-4-18(17)20/h2-9,12,24H,10-11,13-14H2,1H3,(H,25,26,28). The average Bonchev–Trinajstić information content (AvgIpc) is 3.11. The number of fused-ring (bicyclic) bond motifs is 2. The minimum absolute atomic E-state index is 0.00711. The van der Waals surface area contributed by atoms with Gasteiger partial charge in [0.25, 0.3) is 5.56 Å². The number of nitrogens with one attached hydrogen (secondary N) is 2. The Labute approximate surface area is 163 Å². The number of hydrogen-bond acceptors (Lipinski definition) is 3. The van der Waals surface area contributed by atoms with E-state index in [1.807, 2.05) is 30.3 Å². The molecule has 2 aromatic heterocycles. The number of nitrogens with zero attached hydrogens (tertiary/aromatic N) is 2. The summed E-state index contributed by atoms with van der Waals surface area (Å²) in [5, 5.41) is 1.26. The summed E-state index contributed by atoms with van der Waals surface area (Å²) in [4.78, 5) is 26.1. The van der Waals surface area contributed by atoms with E-state index in [4.69, 9.17) is 4.98 Å². The number of para-hydroxylation sites is 1. The largest absolute Gasteiger partial charge is 0.361 e. The zero-order chi connectivity index (χ0) is 19.1. The number of benzene rings is 2. The molecular formula is C23H22N4O. The molecule has 5 heteroatoms. The number of aromatic amines is 2. The van der Waals surface area contributed by atoms with E-state index in [1.165, 1.54) is 16.5 Å². The van der Waals surface area contributed by atoms with Crippen LogP contribution in [0, 0.1) is 6.92 Å². The topological polar surface area (TPSA) is 64.8 Å². The maximum atomic E-state index is 12.6. The zero-order valence-electron chi connectivity index (χ0n) is 15.8. The van der Waals surface area contributed by atoms with Gasteiger partial charge < -0.3 is 9.97 Å². The predicted molar refractivity (Wildman–Crippen MR) is 111 cm³/mol. The molecule has 0 amide bonds. The summed E-state index contributed by atoms with van der Waals surface area (Å²) < 4.78 is 0. The van der Waals surface area contributed by atoms with Crippen LogP contribution in [0.3, 0.4) is 0 Å². The van der Waals surface area contributed by atoms with Gasteiger partial charge in [-0.2, -0.15) is 0 Å². The van der Waals surface area contributed by atoms with Crippen molar-refractivity contribution in [1.82, 2.24) is 19.9 Å². The lowest BCUT2D eigenvalue weighted by Gasteiger charge is -2.27. The number of aryl methyl sites for hydroxylation is 1. The fourth-order valence-corrected chi connectivity index (χ4v) is 3.98. The van der Waals surface area contributed by atoms with E-state index in [1.54, 1.807) is 0 Å². The van der Waals surface area contributed by atoms with E-state index in [0.717, 1.165) is 41.8 Å². The molecule has 140 valence electrons. The molecule has 0 unspecified atom stereocenters. The molecule has 5 nitrogen and oxygen atoms in total. The molecule has 2 N–H and O–H groups in total. The van der Waals surface area contributed by atoms with E-state index in [9.17, 15) is 4.79 Å². The van der Waals surface area contributed by atoms with E-state index < -0.39 is 0 Å². The van der Waals surface area contributed by atoms with Gasteiger partial charge in [-0.1, -0.05) is 48.0 Å². The van der Waals surface area contributed by atoms with Gasteiger partial charge in [-0.05, 0) is 25.0 Å². The van der Waals surface area contributed by atoms with Gasteiger partial charge in [0.2, 0.25) is 0 Å². The highest BCUT2D eigenvalue weighted by Crippen LogP contribution is 2.23. The molecule has 0 aliphatic carbocycles. The summed E-state index contributed by atoms with van der Waals surface area (Å²) in [5.74, 6) is 0.651. The Morgan fingerprint density at radius 2 is 1.93 bits per heavy atom. The van der Waals surface area contributed by atoms with Crippen LogP contribution in [0.2, 0.25) is 0 Å². The molecule has 0 spiro atoms. The lowest BCUT2D eigenvalue weighted by molar-refractivity contribution is 0.241. The summed E-state index contributed by atoms with van der Waals surface area (Å²) >= 11 is 0. The molecule has 0 radical (unpaired) electrons. The number of aromatic nitrogens is 3. The first-order chi connectivity index (χ1) is 13.7. The summed E-state index contributed by atoms with van der Waals surface area (Å²) in [6.07, 6.45) is 2.82. The second-order valence-electron chi connectivity index (χ2n) is 7.53. The van der Waals surface area contributed by atoms with E-state index in [2.05, 4.69) is 46.2 Å². The van der Waals surface area contributed by atoms with Crippen LogP contribution >= 0.6 is 0 Å². The summed E-state index contributed by atoms with van der Waals surface area (Å²) in [5.41, 5.74) is 6.28. The first kappa shape index (κ1) is 17.0. The van der Waals surface area contributed by atoms with Crippen LogP contribution in [0.15, 0.2) is 59.5 Å². The van der Waals surface area contributed by atoms with Crippen molar-refractivity contribution in [1.29, 1.82) is 0 Å². The highest BCUT2D eigenvalue weighted by Gasteiger charge is 2.22. The second kappa shape index (κ2) is 6.77. The molecular weight excluding hydrogens is 348 g/mol. The normalized spacial score (nSPS) is 14.3. The average molecular weight is 370 g/mol. The highest BCUT2D eigenvalue weighted by atomic mass is 16.1.